The van der Waals surface area contributed by atoms with E-state index in [-0.39, 0.29) is 11.5 Å². The third kappa shape index (κ3) is 2.79. The minimum Gasteiger partial charge on any atom is -0.298 e. The van der Waals surface area contributed by atoms with E-state index in [4.69, 9.17) is 0 Å². The van der Waals surface area contributed by atoms with E-state index < -0.39 is 11.7 Å². The number of imidazole rings is 1. The summed E-state index contributed by atoms with van der Waals surface area (Å²) in [5.74, 6) is -1.10. The van der Waals surface area contributed by atoms with Crippen molar-refractivity contribution in [3.05, 3.63) is 78.0 Å². The zero-order valence-electron chi connectivity index (χ0n) is 13.8. The minimum atomic E-state index is -0.602. The van der Waals surface area contributed by atoms with Crippen molar-refractivity contribution in [2.45, 2.75) is 6.92 Å². The number of carbonyl (C=O) groups excluding carboxylic acids is 1. The van der Waals surface area contributed by atoms with Crippen LogP contribution in [-0.2, 0) is 0 Å². The number of aromatic nitrogens is 4. The van der Waals surface area contributed by atoms with Gasteiger partial charge in [0.2, 0.25) is 5.95 Å². The molecule has 6 nitrogen and oxygen atoms in total. The van der Waals surface area contributed by atoms with Gasteiger partial charge in [0.1, 0.15) is 11.5 Å². The van der Waals surface area contributed by atoms with E-state index in [1.807, 2.05) is 35.7 Å². The molecule has 0 aliphatic heterocycles. The Morgan fingerprint density at radius 2 is 1.88 bits per heavy atom. The summed E-state index contributed by atoms with van der Waals surface area (Å²) in [6.07, 6.45) is 3.44. The first-order valence-electron chi connectivity index (χ1n) is 7.96. The molecule has 0 aliphatic rings. The molecule has 26 heavy (non-hydrogen) atoms. The van der Waals surface area contributed by atoms with Gasteiger partial charge in [0.15, 0.2) is 0 Å². The number of hydrogen-bond donors (Lipinski definition) is 1. The van der Waals surface area contributed by atoms with Gasteiger partial charge in [-0.1, -0.05) is 18.2 Å². The zero-order valence-corrected chi connectivity index (χ0v) is 13.8. The van der Waals surface area contributed by atoms with Gasteiger partial charge in [-0.15, -0.1) is 0 Å². The van der Waals surface area contributed by atoms with Gasteiger partial charge < -0.3 is 0 Å². The molecule has 0 atom stereocenters. The van der Waals surface area contributed by atoms with Crippen molar-refractivity contribution in [1.82, 2.24) is 19.4 Å². The molecule has 4 aromatic rings. The van der Waals surface area contributed by atoms with E-state index in [2.05, 4.69) is 20.3 Å². The molecule has 128 valence electrons. The molecule has 1 amide bonds. The highest BCUT2D eigenvalue weighted by Crippen LogP contribution is 2.23. The van der Waals surface area contributed by atoms with Crippen LogP contribution in [0.15, 0.2) is 60.9 Å². The van der Waals surface area contributed by atoms with Crippen LogP contribution in [0.3, 0.4) is 0 Å². The Morgan fingerprint density at radius 1 is 1.08 bits per heavy atom. The lowest BCUT2D eigenvalue weighted by Gasteiger charge is -2.07. The predicted molar refractivity (Wildman–Crippen MR) is 95.3 cm³/mol. The van der Waals surface area contributed by atoms with Crippen LogP contribution in [-0.4, -0.2) is 25.3 Å². The molecule has 0 saturated carbocycles. The van der Waals surface area contributed by atoms with Crippen molar-refractivity contribution in [3.63, 3.8) is 0 Å². The van der Waals surface area contributed by atoms with Crippen LogP contribution in [0, 0.1) is 12.7 Å². The monoisotopic (exact) mass is 347 g/mol. The number of nitrogens with zero attached hydrogens (tertiary/aromatic N) is 4. The molecular weight excluding hydrogens is 333 g/mol. The normalized spacial score (nSPS) is 10.8. The van der Waals surface area contributed by atoms with E-state index in [1.165, 1.54) is 18.2 Å². The Hall–Kier alpha value is -3.61. The van der Waals surface area contributed by atoms with Gasteiger partial charge in [-0.3, -0.25) is 14.5 Å². The van der Waals surface area contributed by atoms with Crippen LogP contribution in [0.5, 0.6) is 0 Å². The number of pyridine rings is 1. The lowest BCUT2D eigenvalue weighted by molar-refractivity contribution is 0.102. The van der Waals surface area contributed by atoms with Gasteiger partial charge in [0, 0.05) is 12.4 Å². The van der Waals surface area contributed by atoms with Crippen LogP contribution in [0.1, 0.15) is 16.1 Å². The average molecular weight is 347 g/mol. The summed E-state index contributed by atoms with van der Waals surface area (Å²) >= 11 is 0. The first-order chi connectivity index (χ1) is 12.6. The van der Waals surface area contributed by atoms with Crippen molar-refractivity contribution in [3.8, 4) is 11.4 Å². The summed E-state index contributed by atoms with van der Waals surface area (Å²) in [7, 11) is 0. The topological polar surface area (TPSA) is 72.2 Å². The molecule has 0 bridgehead atoms. The largest absolute Gasteiger partial charge is 0.298 e. The Kier molecular flexibility index (Phi) is 3.89. The number of aryl methyl sites for hydroxylation is 1. The maximum Gasteiger partial charge on any atom is 0.260 e. The lowest BCUT2D eigenvalue weighted by atomic mass is 10.2. The number of carbonyl (C=O) groups is 1. The molecule has 0 unspecified atom stereocenters. The molecule has 3 heterocycles. The molecule has 0 radical (unpaired) electrons. The number of fused-ring (bicyclic) bond motifs is 1. The number of anilines is 1. The quantitative estimate of drug-likeness (QED) is 0.616. The maximum absolute atomic E-state index is 13.8. The number of nitrogens with one attached hydrogen (secondary N) is 1. The number of rotatable bonds is 3. The fourth-order valence-corrected chi connectivity index (χ4v) is 2.79. The Balaban J connectivity index is 1.70. The summed E-state index contributed by atoms with van der Waals surface area (Å²) in [5, 5.41) is 2.54. The number of benzene rings is 1. The SMILES string of the molecule is Cc1nc2ccccn2c1-c1ccnc(NC(=O)c2ccccc2F)n1. The van der Waals surface area contributed by atoms with Gasteiger partial charge >= 0.3 is 0 Å². The third-order valence-corrected chi connectivity index (χ3v) is 3.95. The molecule has 0 spiro atoms. The van der Waals surface area contributed by atoms with Gasteiger partial charge in [0.05, 0.1) is 22.6 Å². The van der Waals surface area contributed by atoms with Gasteiger partial charge in [-0.2, -0.15) is 0 Å². The lowest BCUT2D eigenvalue weighted by Crippen LogP contribution is -2.15. The van der Waals surface area contributed by atoms with Crippen LogP contribution in [0.2, 0.25) is 0 Å². The Bertz CT molecular complexity index is 1120. The molecular formula is C19H14FN5O. The summed E-state index contributed by atoms with van der Waals surface area (Å²) in [5.41, 5.74) is 2.97. The molecule has 1 N–H and O–H groups in total. The fraction of sp³-hybridized carbons (Fsp3) is 0.0526. The second kappa shape index (κ2) is 6.36. The minimum absolute atomic E-state index is 0.0625. The van der Waals surface area contributed by atoms with Crippen LogP contribution >= 0.6 is 0 Å². The van der Waals surface area contributed by atoms with Crippen molar-refractivity contribution in [1.29, 1.82) is 0 Å². The van der Waals surface area contributed by atoms with E-state index in [0.717, 1.165) is 17.0 Å². The van der Waals surface area contributed by atoms with Crippen LogP contribution in [0.25, 0.3) is 17.0 Å². The molecule has 0 aliphatic carbocycles. The maximum atomic E-state index is 13.8. The van der Waals surface area contributed by atoms with E-state index in [1.54, 1.807) is 18.3 Å². The first-order valence-corrected chi connectivity index (χ1v) is 7.96. The smallest absolute Gasteiger partial charge is 0.260 e. The molecule has 0 fully saturated rings. The standard InChI is InChI=1S/C19H14FN5O/c1-12-17(25-11-5-4-8-16(25)22-12)15-9-10-21-19(23-15)24-18(26)13-6-2-3-7-14(13)20/h2-11H,1H3,(H,21,23,24,26). The Labute approximate surface area is 148 Å². The van der Waals surface area contributed by atoms with Gasteiger partial charge in [-0.25, -0.2) is 19.3 Å². The molecule has 4 rings (SSSR count). The van der Waals surface area contributed by atoms with Crippen molar-refractivity contribution in [2.75, 3.05) is 5.32 Å². The summed E-state index contributed by atoms with van der Waals surface area (Å²) in [4.78, 5) is 25.2. The molecule has 0 saturated heterocycles. The number of halogens is 1. The second-order valence-corrected chi connectivity index (χ2v) is 5.67. The summed E-state index contributed by atoms with van der Waals surface area (Å²) < 4.78 is 15.7. The highest BCUT2D eigenvalue weighted by molar-refractivity contribution is 6.03. The van der Waals surface area contributed by atoms with Gasteiger partial charge in [-0.05, 0) is 37.3 Å². The number of hydrogen-bond acceptors (Lipinski definition) is 4. The number of amides is 1. The van der Waals surface area contributed by atoms with Crippen molar-refractivity contribution < 1.29 is 9.18 Å². The highest BCUT2D eigenvalue weighted by Gasteiger charge is 2.15. The van der Waals surface area contributed by atoms with E-state index >= 15 is 0 Å². The zero-order chi connectivity index (χ0) is 18.1. The van der Waals surface area contributed by atoms with Crippen molar-refractivity contribution in [2.24, 2.45) is 0 Å². The Morgan fingerprint density at radius 3 is 2.73 bits per heavy atom. The average Bonchev–Trinajstić information content (AvgIpc) is 2.98. The van der Waals surface area contributed by atoms with Crippen molar-refractivity contribution >= 4 is 17.5 Å². The second-order valence-electron chi connectivity index (χ2n) is 5.67. The molecule has 7 heteroatoms. The summed E-state index contributed by atoms with van der Waals surface area (Å²) in [6.45, 7) is 1.89. The molecule has 1 aromatic carbocycles. The third-order valence-electron chi connectivity index (χ3n) is 3.95. The fourth-order valence-electron chi connectivity index (χ4n) is 2.79. The van der Waals surface area contributed by atoms with Crippen LogP contribution in [0.4, 0.5) is 10.3 Å². The molecule has 3 aromatic heterocycles. The predicted octanol–water partition coefficient (Wildman–Crippen LogP) is 3.49. The summed E-state index contributed by atoms with van der Waals surface area (Å²) in [6, 6.07) is 13.2. The van der Waals surface area contributed by atoms with Crippen LogP contribution < -0.4 is 5.32 Å². The first kappa shape index (κ1) is 15.9. The highest BCUT2D eigenvalue weighted by atomic mass is 19.1. The van der Waals surface area contributed by atoms with E-state index in [0.29, 0.717) is 5.69 Å². The van der Waals surface area contributed by atoms with Gasteiger partial charge in [0.25, 0.3) is 5.91 Å². The van der Waals surface area contributed by atoms with E-state index in [9.17, 15) is 9.18 Å².